The molecular formula is C18H16. The standard InChI is InChI=1S/C18H16/c1-2-3-4-5-6-7-11-16-13-10-14-17-12-8-9-15-18(16)17/h1,8-10,12-15H,3-6H2. The van der Waals surface area contributed by atoms with Gasteiger partial charge in [0.15, 0.2) is 0 Å². The molecule has 2 aromatic carbocycles. The highest BCUT2D eigenvalue weighted by Gasteiger charge is 1.95. The number of unbranched alkanes of at least 4 members (excludes halogenated alkanes) is 3. The highest BCUT2D eigenvalue weighted by molar-refractivity contribution is 5.88. The van der Waals surface area contributed by atoms with Gasteiger partial charge < -0.3 is 0 Å². The summed E-state index contributed by atoms with van der Waals surface area (Å²) in [6, 6.07) is 14.6. The van der Waals surface area contributed by atoms with Crippen molar-refractivity contribution in [2.75, 3.05) is 0 Å². The van der Waals surface area contributed by atoms with E-state index in [4.69, 9.17) is 6.42 Å². The molecule has 0 aliphatic rings. The maximum absolute atomic E-state index is 5.21. The molecule has 0 radical (unpaired) electrons. The van der Waals surface area contributed by atoms with Gasteiger partial charge >= 0.3 is 0 Å². The molecule has 0 bridgehead atoms. The summed E-state index contributed by atoms with van der Waals surface area (Å²) >= 11 is 0. The Labute approximate surface area is 109 Å². The molecule has 0 nitrogen and oxygen atoms in total. The van der Waals surface area contributed by atoms with Gasteiger partial charge in [-0.05, 0) is 29.7 Å². The van der Waals surface area contributed by atoms with Crippen LogP contribution < -0.4 is 0 Å². The van der Waals surface area contributed by atoms with Crippen molar-refractivity contribution < 1.29 is 0 Å². The van der Waals surface area contributed by atoms with Crippen molar-refractivity contribution in [3.8, 4) is 24.2 Å². The summed E-state index contributed by atoms with van der Waals surface area (Å²) in [4.78, 5) is 0. The van der Waals surface area contributed by atoms with Gasteiger partial charge in [-0.1, -0.05) is 48.2 Å². The molecule has 0 amide bonds. The Hall–Kier alpha value is -2.18. The van der Waals surface area contributed by atoms with Crippen LogP contribution in [-0.2, 0) is 0 Å². The molecule has 0 heterocycles. The Morgan fingerprint density at radius 3 is 2.56 bits per heavy atom. The molecule has 0 aliphatic heterocycles. The molecule has 0 aliphatic carbocycles. The van der Waals surface area contributed by atoms with Crippen LogP contribution in [0.1, 0.15) is 31.2 Å². The summed E-state index contributed by atoms with van der Waals surface area (Å²) in [5, 5.41) is 2.48. The first-order valence-corrected chi connectivity index (χ1v) is 6.32. The van der Waals surface area contributed by atoms with Gasteiger partial charge in [0.25, 0.3) is 0 Å². The van der Waals surface area contributed by atoms with E-state index < -0.39 is 0 Å². The van der Waals surface area contributed by atoms with Crippen LogP contribution in [-0.4, -0.2) is 0 Å². The van der Waals surface area contributed by atoms with Gasteiger partial charge in [0.1, 0.15) is 0 Å². The van der Waals surface area contributed by atoms with Crippen LogP contribution in [0, 0.1) is 24.2 Å². The lowest BCUT2D eigenvalue weighted by molar-refractivity contribution is 0.783. The van der Waals surface area contributed by atoms with Crippen molar-refractivity contribution in [2.24, 2.45) is 0 Å². The van der Waals surface area contributed by atoms with Gasteiger partial charge in [0.2, 0.25) is 0 Å². The summed E-state index contributed by atoms with van der Waals surface area (Å²) in [6.07, 6.45) is 9.14. The summed E-state index contributed by atoms with van der Waals surface area (Å²) in [5.74, 6) is 9.15. The first kappa shape index (κ1) is 12.3. The average Bonchev–Trinajstić information content (AvgIpc) is 2.43. The Bertz CT molecular complexity index is 612. The van der Waals surface area contributed by atoms with E-state index in [1.54, 1.807) is 0 Å². The summed E-state index contributed by atoms with van der Waals surface area (Å²) < 4.78 is 0. The minimum absolute atomic E-state index is 0.857. The van der Waals surface area contributed by atoms with Gasteiger partial charge in [0.05, 0.1) is 0 Å². The highest BCUT2D eigenvalue weighted by atomic mass is 14.0. The molecule has 18 heavy (non-hydrogen) atoms. The number of terminal acetylenes is 1. The van der Waals surface area contributed by atoms with Gasteiger partial charge in [-0.25, -0.2) is 0 Å². The van der Waals surface area contributed by atoms with Crippen molar-refractivity contribution in [3.63, 3.8) is 0 Å². The third-order valence-corrected chi connectivity index (χ3v) is 2.89. The molecule has 88 valence electrons. The molecule has 2 rings (SSSR count). The average molecular weight is 232 g/mol. The maximum Gasteiger partial charge on any atom is 0.0323 e. The normalized spacial score (nSPS) is 9.50. The quantitative estimate of drug-likeness (QED) is 0.544. The number of hydrogen-bond donors (Lipinski definition) is 0. The molecule has 0 atom stereocenters. The molecule has 0 fully saturated rings. The topological polar surface area (TPSA) is 0 Å². The van der Waals surface area contributed by atoms with Crippen LogP contribution in [0.4, 0.5) is 0 Å². The summed E-state index contributed by atoms with van der Waals surface area (Å²) in [7, 11) is 0. The van der Waals surface area contributed by atoms with Crippen LogP contribution in [0.15, 0.2) is 42.5 Å². The Morgan fingerprint density at radius 2 is 1.67 bits per heavy atom. The summed E-state index contributed by atoms with van der Waals surface area (Å²) in [6.45, 7) is 0. The number of benzene rings is 2. The van der Waals surface area contributed by atoms with E-state index in [0.717, 1.165) is 31.2 Å². The molecule has 0 N–H and O–H groups in total. The minimum Gasteiger partial charge on any atom is -0.120 e. The largest absolute Gasteiger partial charge is 0.120 e. The maximum atomic E-state index is 5.21. The van der Waals surface area contributed by atoms with Crippen molar-refractivity contribution in [1.82, 2.24) is 0 Å². The highest BCUT2D eigenvalue weighted by Crippen LogP contribution is 2.17. The molecule has 0 unspecified atom stereocenters. The lowest BCUT2D eigenvalue weighted by Crippen LogP contribution is -1.79. The Kier molecular flexibility index (Phi) is 4.46. The molecule has 0 spiro atoms. The number of fused-ring (bicyclic) bond motifs is 1. The fourth-order valence-corrected chi connectivity index (χ4v) is 1.93. The van der Waals surface area contributed by atoms with E-state index in [2.05, 4.69) is 60.2 Å². The lowest BCUT2D eigenvalue weighted by atomic mass is 10.0. The zero-order valence-electron chi connectivity index (χ0n) is 10.4. The van der Waals surface area contributed by atoms with Crippen LogP contribution >= 0.6 is 0 Å². The third kappa shape index (κ3) is 3.16. The van der Waals surface area contributed by atoms with E-state index >= 15 is 0 Å². The molecule has 0 aromatic heterocycles. The van der Waals surface area contributed by atoms with Crippen molar-refractivity contribution in [2.45, 2.75) is 25.7 Å². The second-order valence-corrected chi connectivity index (χ2v) is 4.24. The second-order valence-electron chi connectivity index (χ2n) is 4.24. The third-order valence-electron chi connectivity index (χ3n) is 2.89. The smallest absolute Gasteiger partial charge is 0.0323 e. The lowest BCUT2D eigenvalue weighted by Gasteiger charge is -1.99. The number of rotatable bonds is 3. The number of hydrogen-bond acceptors (Lipinski definition) is 0. The SMILES string of the molecule is C#CCCCCC#Cc1cccc2ccccc12. The fraction of sp³-hybridized carbons (Fsp3) is 0.222. The summed E-state index contributed by atoms with van der Waals surface area (Å²) in [5.41, 5.74) is 1.12. The van der Waals surface area contributed by atoms with Crippen LogP contribution in [0.25, 0.3) is 10.8 Å². The van der Waals surface area contributed by atoms with Gasteiger partial charge in [-0.15, -0.1) is 12.3 Å². The first-order chi connectivity index (χ1) is 8.92. The van der Waals surface area contributed by atoms with Gasteiger partial charge in [-0.3, -0.25) is 0 Å². The molecule has 0 heteroatoms. The minimum atomic E-state index is 0.857. The van der Waals surface area contributed by atoms with Gasteiger partial charge in [-0.2, -0.15) is 0 Å². The van der Waals surface area contributed by atoms with Crippen LogP contribution in [0.3, 0.4) is 0 Å². The first-order valence-electron chi connectivity index (χ1n) is 6.32. The Morgan fingerprint density at radius 1 is 0.889 bits per heavy atom. The van der Waals surface area contributed by atoms with E-state index in [-0.39, 0.29) is 0 Å². The van der Waals surface area contributed by atoms with E-state index in [1.165, 1.54) is 10.8 Å². The molecule has 0 saturated carbocycles. The zero-order chi connectivity index (χ0) is 12.6. The Balaban J connectivity index is 2.08. The molecular weight excluding hydrogens is 216 g/mol. The van der Waals surface area contributed by atoms with Crippen LogP contribution in [0.2, 0.25) is 0 Å². The molecule has 0 saturated heterocycles. The molecule has 2 aromatic rings. The predicted octanol–water partition coefficient (Wildman–Crippen LogP) is 4.38. The van der Waals surface area contributed by atoms with Gasteiger partial charge in [0, 0.05) is 18.4 Å². The van der Waals surface area contributed by atoms with E-state index in [1.807, 2.05) is 0 Å². The van der Waals surface area contributed by atoms with E-state index in [0.29, 0.717) is 0 Å². The second kappa shape index (κ2) is 6.53. The van der Waals surface area contributed by atoms with Crippen molar-refractivity contribution in [3.05, 3.63) is 48.0 Å². The van der Waals surface area contributed by atoms with E-state index in [9.17, 15) is 0 Å². The zero-order valence-corrected chi connectivity index (χ0v) is 10.4. The van der Waals surface area contributed by atoms with Crippen LogP contribution in [0.5, 0.6) is 0 Å². The monoisotopic (exact) mass is 232 g/mol. The van der Waals surface area contributed by atoms with Crippen molar-refractivity contribution >= 4 is 10.8 Å². The fourth-order valence-electron chi connectivity index (χ4n) is 1.93. The predicted molar refractivity (Wildman–Crippen MR) is 78.1 cm³/mol. The van der Waals surface area contributed by atoms with Crippen molar-refractivity contribution in [1.29, 1.82) is 0 Å².